The van der Waals surface area contributed by atoms with Crippen molar-refractivity contribution in [2.45, 2.75) is 51.6 Å². The monoisotopic (exact) mass is 336 g/mol. The summed E-state index contributed by atoms with van der Waals surface area (Å²) in [5.74, 6) is 0.445. The second kappa shape index (κ2) is 9.59. The van der Waals surface area contributed by atoms with Gasteiger partial charge in [0.25, 0.3) is 5.91 Å². The first-order valence-corrected chi connectivity index (χ1v) is 8.82. The van der Waals surface area contributed by atoms with Gasteiger partial charge in [-0.05, 0) is 32.8 Å². The van der Waals surface area contributed by atoms with E-state index < -0.39 is 5.60 Å². The van der Waals surface area contributed by atoms with E-state index in [0.29, 0.717) is 38.0 Å². The molecule has 1 aromatic heterocycles. The molecule has 1 aliphatic carbocycles. The lowest BCUT2D eigenvalue weighted by atomic mass is 9.83. The number of anilines is 1. The molecular weight excluding hydrogens is 308 g/mol. The lowest BCUT2D eigenvalue weighted by molar-refractivity contribution is -0.145. The number of ether oxygens (including phenoxy) is 3. The topological polar surface area (TPSA) is 69.7 Å². The van der Waals surface area contributed by atoms with E-state index >= 15 is 0 Å². The molecule has 6 nitrogen and oxygen atoms in total. The van der Waals surface area contributed by atoms with Gasteiger partial charge >= 0.3 is 0 Å². The fourth-order valence-corrected chi connectivity index (χ4v) is 2.97. The Morgan fingerprint density at radius 3 is 2.58 bits per heavy atom. The van der Waals surface area contributed by atoms with E-state index in [9.17, 15) is 4.79 Å². The summed E-state index contributed by atoms with van der Waals surface area (Å²) in [5.41, 5.74) is -0.0403. The van der Waals surface area contributed by atoms with Crippen molar-refractivity contribution in [2.75, 3.05) is 31.7 Å². The summed E-state index contributed by atoms with van der Waals surface area (Å²) in [6.45, 7) is 6.08. The molecule has 1 aliphatic rings. The average molecular weight is 336 g/mol. The number of hydrogen-bond donors (Lipinski definition) is 1. The van der Waals surface area contributed by atoms with Gasteiger partial charge in [0.15, 0.2) is 0 Å². The summed E-state index contributed by atoms with van der Waals surface area (Å²) in [6, 6.07) is 3.54. The molecule has 134 valence electrons. The van der Waals surface area contributed by atoms with Crippen LogP contribution in [0.3, 0.4) is 0 Å². The maximum Gasteiger partial charge on any atom is 0.256 e. The highest BCUT2D eigenvalue weighted by Crippen LogP contribution is 2.33. The Morgan fingerprint density at radius 2 is 1.96 bits per heavy atom. The predicted octanol–water partition coefficient (Wildman–Crippen LogP) is 3.17. The maximum atomic E-state index is 12.7. The van der Waals surface area contributed by atoms with Crippen molar-refractivity contribution < 1.29 is 19.0 Å². The summed E-state index contributed by atoms with van der Waals surface area (Å²) in [7, 11) is 0. The molecule has 0 bridgehead atoms. The molecular formula is C18H28N2O4. The molecule has 0 radical (unpaired) electrons. The van der Waals surface area contributed by atoms with Gasteiger partial charge in [-0.1, -0.05) is 19.3 Å². The number of hydrogen-bond acceptors (Lipinski definition) is 5. The largest absolute Gasteiger partial charge is 0.475 e. The summed E-state index contributed by atoms with van der Waals surface area (Å²) >= 11 is 0. The standard InChI is InChI=1S/C18H28N2O4/c1-3-22-12-13-23-16-9-8-15(14-19-16)20-17(21)18(24-4-2)10-6-5-7-11-18/h8-9,14H,3-7,10-13H2,1-2H3,(H,20,21). The molecule has 0 spiro atoms. The van der Waals surface area contributed by atoms with Crippen molar-refractivity contribution in [3.63, 3.8) is 0 Å². The Morgan fingerprint density at radius 1 is 1.17 bits per heavy atom. The number of aromatic nitrogens is 1. The zero-order valence-corrected chi connectivity index (χ0v) is 14.7. The molecule has 24 heavy (non-hydrogen) atoms. The van der Waals surface area contributed by atoms with Crippen LogP contribution in [0.2, 0.25) is 0 Å². The van der Waals surface area contributed by atoms with Crippen molar-refractivity contribution in [3.05, 3.63) is 18.3 Å². The van der Waals surface area contributed by atoms with Gasteiger partial charge in [-0.15, -0.1) is 0 Å². The van der Waals surface area contributed by atoms with E-state index in [-0.39, 0.29) is 5.91 Å². The van der Waals surface area contributed by atoms with Crippen molar-refractivity contribution in [2.24, 2.45) is 0 Å². The van der Waals surface area contributed by atoms with Crippen LogP contribution in [0.1, 0.15) is 46.0 Å². The molecule has 1 heterocycles. The minimum Gasteiger partial charge on any atom is -0.475 e. The number of carbonyl (C=O) groups excluding carboxylic acids is 1. The summed E-state index contributed by atoms with van der Waals surface area (Å²) in [6.07, 6.45) is 6.38. The summed E-state index contributed by atoms with van der Waals surface area (Å²) < 4.78 is 16.5. The second-order valence-corrected chi connectivity index (χ2v) is 5.87. The van der Waals surface area contributed by atoms with E-state index in [1.165, 1.54) is 0 Å². The first kappa shape index (κ1) is 18.7. The highest BCUT2D eigenvalue weighted by Gasteiger charge is 2.40. The molecule has 1 fully saturated rings. The van der Waals surface area contributed by atoms with Crippen molar-refractivity contribution in [3.8, 4) is 5.88 Å². The lowest BCUT2D eigenvalue weighted by Gasteiger charge is -2.35. The fraction of sp³-hybridized carbons (Fsp3) is 0.667. The Kier molecular flexibility index (Phi) is 7.46. The first-order valence-electron chi connectivity index (χ1n) is 8.82. The summed E-state index contributed by atoms with van der Waals surface area (Å²) in [4.78, 5) is 16.9. The van der Waals surface area contributed by atoms with Crippen LogP contribution in [0.25, 0.3) is 0 Å². The van der Waals surface area contributed by atoms with Crippen LogP contribution < -0.4 is 10.1 Å². The van der Waals surface area contributed by atoms with Crippen molar-refractivity contribution >= 4 is 11.6 Å². The van der Waals surface area contributed by atoms with Gasteiger partial charge < -0.3 is 19.5 Å². The lowest BCUT2D eigenvalue weighted by Crippen LogP contribution is -2.47. The molecule has 0 aliphatic heterocycles. The highest BCUT2D eigenvalue weighted by molar-refractivity contribution is 5.97. The normalized spacial score (nSPS) is 16.6. The maximum absolute atomic E-state index is 12.7. The smallest absolute Gasteiger partial charge is 0.256 e. The Labute approximate surface area is 143 Å². The minimum atomic E-state index is -0.695. The van der Waals surface area contributed by atoms with Gasteiger partial charge in [-0.2, -0.15) is 0 Å². The highest BCUT2D eigenvalue weighted by atomic mass is 16.5. The van der Waals surface area contributed by atoms with E-state index in [0.717, 1.165) is 32.1 Å². The van der Waals surface area contributed by atoms with Gasteiger partial charge in [0.2, 0.25) is 5.88 Å². The molecule has 1 amide bonds. The van der Waals surface area contributed by atoms with Gasteiger partial charge in [0, 0.05) is 19.3 Å². The fourth-order valence-electron chi connectivity index (χ4n) is 2.97. The third-order valence-corrected chi connectivity index (χ3v) is 4.17. The quantitative estimate of drug-likeness (QED) is 0.701. The Bertz CT molecular complexity index is 493. The number of carbonyl (C=O) groups is 1. The Balaban J connectivity index is 1.90. The third kappa shape index (κ3) is 5.18. The zero-order valence-electron chi connectivity index (χ0n) is 14.7. The van der Waals surface area contributed by atoms with Gasteiger partial charge in [0.1, 0.15) is 12.2 Å². The van der Waals surface area contributed by atoms with Crippen LogP contribution in [-0.4, -0.2) is 42.9 Å². The van der Waals surface area contributed by atoms with Gasteiger partial charge in [0.05, 0.1) is 18.5 Å². The second-order valence-electron chi connectivity index (χ2n) is 5.87. The van der Waals surface area contributed by atoms with E-state index in [2.05, 4.69) is 10.3 Å². The van der Waals surface area contributed by atoms with Crippen LogP contribution in [-0.2, 0) is 14.3 Å². The summed E-state index contributed by atoms with van der Waals surface area (Å²) in [5, 5.41) is 2.93. The van der Waals surface area contributed by atoms with Gasteiger partial charge in [-0.3, -0.25) is 4.79 Å². The SMILES string of the molecule is CCOCCOc1ccc(NC(=O)C2(OCC)CCCCC2)cn1. The number of rotatable bonds is 9. The molecule has 1 aromatic rings. The zero-order chi connectivity index (χ0) is 17.3. The number of nitrogens with one attached hydrogen (secondary N) is 1. The Hall–Kier alpha value is -1.66. The minimum absolute atomic E-state index is 0.0733. The van der Waals surface area contributed by atoms with Crippen LogP contribution in [0, 0.1) is 0 Å². The molecule has 0 atom stereocenters. The number of nitrogens with zero attached hydrogens (tertiary/aromatic N) is 1. The molecule has 6 heteroatoms. The van der Waals surface area contributed by atoms with E-state index in [4.69, 9.17) is 14.2 Å². The van der Waals surface area contributed by atoms with E-state index in [1.54, 1.807) is 18.3 Å². The molecule has 0 aromatic carbocycles. The van der Waals surface area contributed by atoms with Crippen LogP contribution in [0.15, 0.2) is 18.3 Å². The molecule has 2 rings (SSSR count). The molecule has 0 saturated heterocycles. The van der Waals surface area contributed by atoms with Gasteiger partial charge in [-0.25, -0.2) is 4.98 Å². The van der Waals surface area contributed by atoms with Crippen molar-refractivity contribution in [1.29, 1.82) is 0 Å². The van der Waals surface area contributed by atoms with Crippen molar-refractivity contribution in [1.82, 2.24) is 4.98 Å². The van der Waals surface area contributed by atoms with Crippen LogP contribution in [0.4, 0.5) is 5.69 Å². The number of pyridine rings is 1. The average Bonchev–Trinajstić information content (AvgIpc) is 2.61. The predicted molar refractivity (Wildman–Crippen MR) is 92.3 cm³/mol. The van der Waals surface area contributed by atoms with Crippen LogP contribution >= 0.6 is 0 Å². The van der Waals surface area contributed by atoms with E-state index in [1.807, 2.05) is 13.8 Å². The van der Waals surface area contributed by atoms with Crippen LogP contribution in [0.5, 0.6) is 5.88 Å². The third-order valence-electron chi connectivity index (χ3n) is 4.17. The number of amides is 1. The molecule has 1 saturated carbocycles. The molecule has 0 unspecified atom stereocenters. The molecule has 1 N–H and O–H groups in total. The first-order chi connectivity index (χ1) is 11.7.